The molecule has 4 rings (SSSR count). The molecule has 2 heterocycles. The van der Waals surface area contributed by atoms with E-state index >= 15 is 0 Å². The minimum atomic E-state index is -1.18. The number of carbonyl (C=O) groups is 2. The molecular weight excluding hydrogens is 391 g/mol. The Kier molecular flexibility index (Phi) is 5.08. The number of benzene rings is 2. The Labute approximate surface area is 169 Å². The molecule has 4 aromatic rings. The number of H-pyrrole nitrogens is 1. The molecule has 0 saturated heterocycles. The molecular formula is C21H15FN4O4. The summed E-state index contributed by atoms with van der Waals surface area (Å²) in [5.74, 6) is -1.17. The molecule has 0 aliphatic rings. The number of halogens is 1. The lowest BCUT2D eigenvalue weighted by Gasteiger charge is -2.08. The van der Waals surface area contributed by atoms with Crippen LogP contribution in [0.4, 0.5) is 4.39 Å². The van der Waals surface area contributed by atoms with Crippen LogP contribution in [0.3, 0.4) is 0 Å². The van der Waals surface area contributed by atoms with Crippen LogP contribution >= 0.6 is 0 Å². The monoisotopic (exact) mass is 406 g/mol. The van der Waals surface area contributed by atoms with Gasteiger partial charge in [0.05, 0.1) is 5.52 Å². The summed E-state index contributed by atoms with van der Waals surface area (Å²) in [5.41, 5.74) is 1.44. The van der Waals surface area contributed by atoms with Crippen LogP contribution in [0.1, 0.15) is 26.4 Å². The molecule has 0 fully saturated rings. The standard InChI is InChI=1S/C21H15FN4O4/c22-14-2-4-15(5-3-14)30-18-9-12(7-8-23-18)11-24-20(27)13-1-6-17-16(10-13)19(21(28)29)26-25-17/h1-10H,11H2,(H,24,27)(H,25,26)(H,28,29). The first-order valence-electron chi connectivity index (χ1n) is 8.87. The van der Waals surface area contributed by atoms with Gasteiger partial charge in [0.15, 0.2) is 5.69 Å². The highest BCUT2D eigenvalue weighted by atomic mass is 19.1. The van der Waals surface area contributed by atoms with Crippen molar-refractivity contribution in [2.75, 3.05) is 0 Å². The molecule has 0 spiro atoms. The maximum Gasteiger partial charge on any atom is 0.357 e. The molecule has 8 nitrogen and oxygen atoms in total. The van der Waals surface area contributed by atoms with Gasteiger partial charge in [-0.05, 0) is 54.1 Å². The minimum Gasteiger partial charge on any atom is -0.476 e. The summed E-state index contributed by atoms with van der Waals surface area (Å²) in [6.45, 7) is 0.205. The number of nitrogens with zero attached hydrogens (tertiary/aromatic N) is 2. The third-order valence-electron chi connectivity index (χ3n) is 4.32. The fourth-order valence-electron chi connectivity index (χ4n) is 2.84. The van der Waals surface area contributed by atoms with Crippen LogP contribution in [0.5, 0.6) is 11.6 Å². The van der Waals surface area contributed by atoms with Crippen molar-refractivity contribution in [1.82, 2.24) is 20.5 Å². The van der Waals surface area contributed by atoms with Crippen molar-refractivity contribution in [3.63, 3.8) is 0 Å². The van der Waals surface area contributed by atoms with Gasteiger partial charge in [-0.25, -0.2) is 14.2 Å². The van der Waals surface area contributed by atoms with E-state index < -0.39 is 5.97 Å². The number of pyridine rings is 1. The smallest absolute Gasteiger partial charge is 0.357 e. The summed E-state index contributed by atoms with van der Waals surface area (Å²) < 4.78 is 18.6. The first kappa shape index (κ1) is 19.1. The number of aromatic nitrogens is 3. The van der Waals surface area contributed by atoms with Gasteiger partial charge in [-0.15, -0.1) is 0 Å². The average Bonchev–Trinajstić information content (AvgIpc) is 3.17. The lowest BCUT2D eigenvalue weighted by molar-refractivity contribution is 0.0692. The number of amides is 1. The predicted molar refractivity (Wildman–Crippen MR) is 105 cm³/mol. The molecule has 1 amide bonds. The maximum atomic E-state index is 13.0. The Balaban J connectivity index is 1.45. The Morgan fingerprint density at radius 3 is 2.67 bits per heavy atom. The number of carbonyl (C=O) groups excluding carboxylic acids is 1. The van der Waals surface area contributed by atoms with E-state index in [1.54, 1.807) is 24.3 Å². The zero-order chi connectivity index (χ0) is 21.1. The van der Waals surface area contributed by atoms with Gasteiger partial charge < -0.3 is 15.2 Å². The average molecular weight is 406 g/mol. The van der Waals surface area contributed by atoms with Gasteiger partial charge in [-0.2, -0.15) is 5.10 Å². The number of carboxylic acid groups (broad SMARTS) is 1. The highest BCUT2D eigenvalue weighted by molar-refractivity contribution is 6.04. The van der Waals surface area contributed by atoms with E-state index in [0.717, 1.165) is 5.56 Å². The second kappa shape index (κ2) is 8.00. The third-order valence-corrected chi connectivity index (χ3v) is 4.32. The molecule has 3 N–H and O–H groups in total. The van der Waals surface area contributed by atoms with Crippen molar-refractivity contribution < 1.29 is 23.8 Å². The molecule has 9 heteroatoms. The molecule has 0 atom stereocenters. The number of aromatic amines is 1. The van der Waals surface area contributed by atoms with Gasteiger partial charge >= 0.3 is 5.97 Å². The molecule has 0 unspecified atom stereocenters. The summed E-state index contributed by atoms with van der Waals surface area (Å²) in [4.78, 5) is 27.8. The van der Waals surface area contributed by atoms with Crippen LogP contribution in [0, 0.1) is 5.82 Å². The fourth-order valence-corrected chi connectivity index (χ4v) is 2.84. The number of fused-ring (bicyclic) bond motifs is 1. The van der Waals surface area contributed by atoms with Crippen molar-refractivity contribution in [2.45, 2.75) is 6.54 Å². The van der Waals surface area contributed by atoms with Gasteiger partial charge in [0.1, 0.15) is 11.6 Å². The van der Waals surface area contributed by atoms with Crippen molar-refractivity contribution >= 4 is 22.8 Å². The molecule has 0 bridgehead atoms. The van der Waals surface area contributed by atoms with E-state index in [9.17, 15) is 19.1 Å². The van der Waals surface area contributed by atoms with E-state index in [2.05, 4.69) is 20.5 Å². The summed E-state index contributed by atoms with van der Waals surface area (Å²) in [5, 5.41) is 18.7. The van der Waals surface area contributed by atoms with Crippen LogP contribution in [0.25, 0.3) is 10.9 Å². The van der Waals surface area contributed by atoms with Crippen molar-refractivity contribution in [1.29, 1.82) is 0 Å². The number of ether oxygens (including phenoxy) is 1. The Bertz CT molecular complexity index is 1240. The van der Waals surface area contributed by atoms with Crippen LogP contribution in [-0.4, -0.2) is 32.2 Å². The molecule has 0 radical (unpaired) electrons. The summed E-state index contributed by atoms with van der Waals surface area (Å²) in [6.07, 6.45) is 1.54. The largest absolute Gasteiger partial charge is 0.476 e. The maximum absolute atomic E-state index is 13.0. The molecule has 2 aromatic carbocycles. The van der Waals surface area contributed by atoms with E-state index in [-0.39, 0.29) is 24.0 Å². The van der Waals surface area contributed by atoms with Gasteiger partial charge in [-0.1, -0.05) is 0 Å². The SMILES string of the molecule is O=C(NCc1ccnc(Oc2ccc(F)cc2)c1)c1ccc2[nH]nc(C(=O)O)c2c1. The number of carboxylic acids is 1. The van der Waals surface area contributed by atoms with Crippen molar-refractivity contribution in [3.8, 4) is 11.6 Å². The normalized spacial score (nSPS) is 10.7. The lowest BCUT2D eigenvalue weighted by atomic mass is 10.1. The molecule has 30 heavy (non-hydrogen) atoms. The number of rotatable bonds is 6. The third kappa shape index (κ3) is 4.09. The fraction of sp³-hybridized carbons (Fsp3) is 0.0476. The Hall–Kier alpha value is -4.27. The summed E-state index contributed by atoms with van der Waals surface area (Å²) in [6, 6.07) is 13.6. The first-order valence-corrected chi connectivity index (χ1v) is 8.87. The van der Waals surface area contributed by atoms with E-state index in [1.165, 1.54) is 36.5 Å². The van der Waals surface area contributed by atoms with Gasteiger partial charge in [-0.3, -0.25) is 9.89 Å². The van der Waals surface area contributed by atoms with Gasteiger partial charge in [0, 0.05) is 29.8 Å². The Morgan fingerprint density at radius 1 is 1.10 bits per heavy atom. The van der Waals surface area contributed by atoms with Crippen LogP contribution < -0.4 is 10.1 Å². The van der Waals surface area contributed by atoms with Gasteiger partial charge in [0.2, 0.25) is 5.88 Å². The van der Waals surface area contributed by atoms with E-state index in [4.69, 9.17) is 4.74 Å². The zero-order valence-corrected chi connectivity index (χ0v) is 15.4. The predicted octanol–water partition coefficient (Wildman–Crippen LogP) is 3.52. The molecule has 0 saturated carbocycles. The highest BCUT2D eigenvalue weighted by Crippen LogP contribution is 2.21. The second-order valence-corrected chi connectivity index (χ2v) is 6.38. The van der Waals surface area contributed by atoms with E-state index in [0.29, 0.717) is 28.1 Å². The molecule has 0 aliphatic carbocycles. The summed E-state index contributed by atoms with van der Waals surface area (Å²) >= 11 is 0. The molecule has 150 valence electrons. The highest BCUT2D eigenvalue weighted by Gasteiger charge is 2.15. The quantitative estimate of drug-likeness (QED) is 0.451. The number of nitrogens with one attached hydrogen (secondary N) is 2. The van der Waals surface area contributed by atoms with Crippen molar-refractivity contribution in [3.05, 3.63) is 83.4 Å². The number of hydrogen-bond donors (Lipinski definition) is 3. The van der Waals surface area contributed by atoms with Crippen LogP contribution in [-0.2, 0) is 6.54 Å². The first-order chi connectivity index (χ1) is 14.5. The van der Waals surface area contributed by atoms with E-state index in [1.807, 2.05) is 0 Å². The zero-order valence-electron chi connectivity index (χ0n) is 15.4. The van der Waals surface area contributed by atoms with Crippen molar-refractivity contribution in [2.24, 2.45) is 0 Å². The number of aromatic carboxylic acids is 1. The molecule has 0 aliphatic heterocycles. The second-order valence-electron chi connectivity index (χ2n) is 6.38. The van der Waals surface area contributed by atoms with Crippen LogP contribution in [0.15, 0.2) is 60.8 Å². The topological polar surface area (TPSA) is 117 Å². The summed E-state index contributed by atoms with van der Waals surface area (Å²) in [7, 11) is 0. The van der Waals surface area contributed by atoms with Crippen LogP contribution in [0.2, 0.25) is 0 Å². The number of hydrogen-bond acceptors (Lipinski definition) is 5. The molecule has 2 aromatic heterocycles. The minimum absolute atomic E-state index is 0.142. The van der Waals surface area contributed by atoms with Gasteiger partial charge in [0.25, 0.3) is 5.91 Å². The Morgan fingerprint density at radius 2 is 1.90 bits per heavy atom. The lowest BCUT2D eigenvalue weighted by Crippen LogP contribution is -2.22.